The van der Waals surface area contributed by atoms with Gasteiger partial charge in [-0.2, -0.15) is 0 Å². The lowest BCUT2D eigenvalue weighted by Crippen LogP contribution is -2.30. The second-order valence-corrected chi connectivity index (χ2v) is 7.12. The number of halogens is 2. The Hall–Kier alpha value is -2.30. The molecule has 3 rings (SSSR count). The quantitative estimate of drug-likeness (QED) is 0.805. The van der Waals surface area contributed by atoms with Crippen LogP contribution in [0.25, 0.3) is 0 Å². The van der Waals surface area contributed by atoms with Gasteiger partial charge in [0.15, 0.2) is 0 Å². The van der Waals surface area contributed by atoms with Gasteiger partial charge in [-0.25, -0.2) is 4.90 Å². The van der Waals surface area contributed by atoms with Gasteiger partial charge < -0.3 is 5.11 Å². The maximum Gasteiger partial charge on any atom is 0.258 e. The second-order valence-electron chi connectivity index (χ2n) is 6.30. The number of benzene rings is 2. The molecular weight excluding hydrogens is 361 g/mol. The van der Waals surface area contributed by atoms with Gasteiger partial charge in [-0.3, -0.25) is 9.59 Å². The van der Waals surface area contributed by atoms with Crippen molar-refractivity contribution in [2.24, 2.45) is 0 Å². The van der Waals surface area contributed by atoms with Gasteiger partial charge in [0.25, 0.3) is 11.8 Å². The summed E-state index contributed by atoms with van der Waals surface area (Å²) in [5.41, 5.74) is 1.69. The summed E-state index contributed by atoms with van der Waals surface area (Å²) < 4.78 is 0. The highest BCUT2D eigenvalue weighted by Gasteiger charge is 2.29. The van der Waals surface area contributed by atoms with Gasteiger partial charge in [0.1, 0.15) is 5.75 Å². The lowest BCUT2D eigenvalue weighted by Gasteiger charge is -2.27. The van der Waals surface area contributed by atoms with Crippen LogP contribution in [-0.2, 0) is 15.0 Å². The van der Waals surface area contributed by atoms with E-state index in [0.717, 1.165) is 16.0 Å². The summed E-state index contributed by atoms with van der Waals surface area (Å²) in [6.45, 7) is 3.99. The molecule has 0 radical (unpaired) electrons. The molecule has 0 fully saturated rings. The highest BCUT2D eigenvalue weighted by atomic mass is 35.5. The van der Waals surface area contributed by atoms with Crippen molar-refractivity contribution < 1.29 is 14.7 Å². The molecule has 25 heavy (non-hydrogen) atoms. The normalized spacial score (nSPS) is 14.5. The van der Waals surface area contributed by atoms with E-state index in [4.69, 9.17) is 23.2 Å². The third kappa shape index (κ3) is 3.03. The van der Waals surface area contributed by atoms with Gasteiger partial charge >= 0.3 is 0 Å². The number of phenolic OH excluding ortho intramolecular Hbond substituents is 1. The highest BCUT2D eigenvalue weighted by Crippen LogP contribution is 2.38. The summed E-state index contributed by atoms with van der Waals surface area (Å²) in [7, 11) is 0. The Morgan fingerprint density at radius 2 is 1.40 bits per heavy atom. The highest BCUT2D eigenvalue weighted by molar-refractivity contribution is 6.37. The molecule has 0 aliphatic carbocycles. The second kappa shape index (κ2) is 6.21. The number of anilines is 1. The Morgan fingerprint density at radius 1 is 0.880 bits per heavy atom. The Bertz CT molecular complexity index is 901. The standard InChI is InChI=1S/C19H15Cl2NO3/c1-19(2,12-4-6-16(23)14(21)10-12)11-3-5-15(13(20)9-11)22-17(24)7-8-18(22)25/h3-10,23H,1-2H3. The minimum absolute atomic E-state index is 0.0214. The molecule has 128 valence electrons. The van der Waals surface area contributed by atoms with Crippen LogP contribution in [0.1, 0.15) is 25.0 Å². The van der Waals surface area contributed by atoms with Crippen molar-refractivity contribution in [3.05, 3.63) is 69.7 Å². The van der Waals surface area contributed by atoms with E-state index in [1.54, 1.807) is 30.3 Å². The Kier molecular flexibility index (Phi) is 4.35. The van der Waals surface area contributed by atoms with E-state index in [-0.39, 0.29) is 10.8 Å². The van der Waals surface area contributed by atoms with Crippen molar-refractivity contribution in [1.29, 1.82) is 0 Å². The number of nitrogens with zero attached hydrogens (tertiary/aromatic N) is 1. The summed E-state index contributed by atoms with van der Waals surface area (Å²) >= 11 is 12.4. The molecule has 0 bridgehead atoms. The first-order chi connectivity index (χ1) is 11.7. The maximum atomic E-state index is 11.8. The predicted molar refractivity (Wildman–Crippen MR) is 98.3 cm³/mol. The minimum Gasteiger partial charge on any atom is -0.506 e. The van der Waals surface area contributed by atoms with E-state index < -0.39 is 17.2 Å². The van der Waals surface area contributed by atoms with Gasteiger partial charge in [0.2, 0.25) is 0 Å². The predicted octanol–water partition coefficient (Wildman–Crippen LogP) is 4.45. The molecule has 4 nitrogen and oxygen atoms in total. The van der Waals surface area contributed by atoms with Crippen LogP contribution in [0, 0.1) is 0 Å². The zero-order valence-electron chi connectivity index (χ0n) is 13.6. The van der Waals surface area contributed by atoms with Crippen molar-refractivity contribution in [1.82, 2.24) is 0 Å². The van der Waals surface area contributed by atoms with Crippen LogP contribution in [0.5, 0.6) is 5.75 Å². The fourth-order valence-corrected chi connectivity index (χ4v) is 3.22. The number of hydrogen-bond acceptors (Lipinski definition) is 3. The third-order valence-corrected chi connectivity index (χ3v) is 4.99. The Balaban J connectivity index is 2.00. The average molecular weight is 376 g/mol. The first-order valence-electron chi connectivity index (χ1n) is 7.57. The maximum absolute atomic E-state index is 11.8. The molecule has 0 unspecified atom stereocenters. The molecule has 6 heteroatoms. The van der Waals surface area contributed by atoms with E-state index in [2.05, 4.69) is 0 Å². The first-order valence-corrected chi connectivity index (χ1v) is 8.32. The zero-order valence-corrected chi connectivity index (χ0v) is 15.1. The van der Waals surface area contributed by atoms with Crippen molar-refractivity contribution in [2.45, 2.75) is 19.3 Å². The Morgan fingerprint density at radius 3 is 1.92 bits per heavy atom. The monoisotopic (exact) mass is 375 g/mol. The number of rotatable bonds is 3. The molecule has 0 atom stereocenters. The smallest absolute Gasteiger partial charge is 0.258 e. The summed E-state index contributed by atoms with van der Waals surface area (Å²) in [5.74, 6) is -0.804. The molecule has 0 saturated carbocycles. The van der Waals surface area contributed by atoms with Crippen LogP contribution >= 0.6 is 23.2 Å². The van der Waals surface area contributed by atoms with Crippen LogP contribution in [0.3, 0.4) is 0 Å². The van der Waals surface area contributed by atoms with Crippen molar-refractivity contribution in [3.8, 4) is 5.75 Å². The lowest BCUT2D eigenvalue weighted by atomic mass is 9.78. The van der Waals surface area contributed by atoms with Gasteiger partial charge in [-0.05, 0) is 35.4 Å². The van der Waals surface area contributed by atoms with Crippen LogP contribution < -0.4 is 4.90 Å². The summed E-state index contributed by atoms with van der Waals surface area (Å²) in [4.78, 5) is 24.7. The number of carbonyl (C=O) groups is 2. The van der Waals surface area contributed by atoms with E-state index in [1.165, 1.54) is 12.2 Å². The fourth-order valence-electron chi connectivity index (χ4n) is 2.78. The molecular formula is C19H15Cl2NO3. The number of carbonyl (C=O) groups excluding carboxylic acids is 2. The topological polar surface area (TPSA) is 57.6 Å². The number of phenols is 1. The van der Waals surface area contributed by atoms with Crippen LogP contribution in [-0.4, -0.2) is 16.9 Å². The van der Waals surface area contributed by atoms with Crippen LogP contribution in [0.2, 0.25) is 10.0 Å². The van der Waals surface area contributed by atoms with Crippen molar-refractivity contribution >= 4 is 40.7 Å². The number of aromatic hydroxyl groups is 1. The summed E-state index contributed by atoms with van der Waals surface area (Å²) in [6, 6.07) is 10.3. The summed E-state index contributed by atoms with van der Waals surface area (Å²) in [6.07, 6.45) is 2.43. The van der Waals surface area contributed by atoms with Gasteiger partial charge in [0, 0.05) is 17.6 Å². The number of imide groups is 1. The molecule has 2 amide bonds. The minimum atomic E-state index is -0.448. The first kappa shape index (κ1) is 17.5. The molecule has 1 heterocycles. The van der Waals surface area contributed by atoms with Gasteiger partial charge in [-0.1, -0.05) is 49.2 Å². The van der Waals surface area contributed by atoms with E-state index in [1.807, 2.05) is 19.9 Å². The number of amides is 2. The van der Waals surface area contributed by atoms with Crippen LogP contribution in [0.4, 0.5) is 5.69 Å². The van der Waals surface area contributed by atoms with Gasteiger partial charge in [-0.15, -0.1) is 0 Å². The SMILES string of the molecule is CC(C)(c1ccc(O)c(Cl)c1)c1ccc(N2C(=O)C=CC2=O)c(Cl)c1. The molecule has 2 aromatic rings. The van der Waals surface area contributed by atoms with E-state index in [9.17, 15) is 14.7 Å². The molecule has 1 N–H and O–H groups in total. The summed E-state index contributed by atoms with van der Waals surface area (Å²) in [5, 5.41) is 10.2. The van der Waals surface area contributed by atoms with Crippen LogP contribution in [0.15, 0.2) is 48.6 Å². The molecule has 0 saturated heterocycles. The van der Waals surface area contributed by atoms with Crippen molar-refractivity contribution in [2.75, 3.05) is 4.90 Å². The largest absolute Gasteiger partial charge is 0.506 e. The number of hydrogen-bond donors (Lipinski definition) is 1. The van der Waals surface area contributed by atoms with Crippen molar-refractivity contribution in [3.63, 3.8) is 0 Å². The molecule has 0 spiro atoms. The molecule has 0 aromatic heterocycles. The van der Waals surface area contributed by atoms with Gasteiger partial charge in [0.05, 0.1) is 15.7 Å². The molecule has 1 aliphatic heterocycles. The lowest BCUT2D eigenvalue weighted by molar-refractivity contribution is -0.119. The molecule has 2 aromatic carbocycles. The van der Waals surface area contributed by atoms with E-state index in [0.29, 0.717) is 10.7 Å². The third-order valence-electron chi connectivity index (χ3n) is 4.39. The zero-order chi connectivity index (χ0) is 18.4. The Labute approximate surface area is 155 Å². The molecule has 1 aliphatic rings. The fraction of sp³-hybridized carbons (Fsp3) is 0.158. The average Bonchev–Trinajstić information content (AvgIpc) is 2.89. The van der Waals surface area contributed by atoms with E-state index >= 15 is 0 Å².